The Bertz CT molecular complexity index is 453. The SMILES string of the molecule is C=CCC(C)NS(=O)(=O)c1ccc(Br)cc1. The van der Waals surface area contributed by atoms with Crippen molar-refractivity contribution in [1.29, 1.82) is 0 Å². The number of benzene rings is 1. The first-order valence-corrected chi connectivity index (χ1v) is 7.12. The minimum absolute atomic E-state index is 0.147. The quantitative estimate of drug-likeness (QED) is 0.850. The van der Waals surface area contributed by atoms with E-state index in [4.69, 9.17) is 0 Å². The van der Waals surface area contributed by atoms with Crippen molar-refractivity contribution >= 4 is 26.0 Å². The molecule has 0 saturated carbocycles. The Morgan fingerprint density at radius 2 is 2.00 bits per heavy atom. The van der Waals surface area contributed by atoms with Crippen molar-refractivity contribution in [1.82, 2.24) is 4.72 Å². The maximum atomic E-state index is 11.9. The van der Waals surface area contributed by atoms with Crippen LogP contribution in [0.4, 0.5) is 0 Å². The molecular formula is C11H14BrNO2S. The third kappa shape index (κ3) is 3.73. The van der Waals surface area contributed by atoms with Crippen molar-refractivity contribution in [3.63, 3.8) is 0 Å². The Hall–Kier alpha value is -0.650. The zero-order chi connectivity index (χ0) is 12.2. The summed E-state index contributed by atoms with van der Waals surface area (Å²) >= 11 is 3.26. The van der Waals surface area contributed by atoms with Crippen LogP contribution in [0.25, 0.3) is 0 Å². The first-order chi connectivity index (χ1) is 7.45. The zero-order valence-corrected chi connectivity index (χ0v) is 11.4. The molecule has 1 rings (SSSR count). The molecule has 1 N–H and O–H groups in total. The highest BCUT2D eigenvalue weighted by atomic mass is 79.9. The second-order valence-corrected chi connectivity index (χ2v) is 6.13. The van der Waals surface area contributed by atoms with Gasteiger partial charge in [0.25, 0.3) is 0 Å². The Kier molecular flexibility index (Phi) is 4.70. The van der Waals surface area contributed by atoms with Gasteiger partial charge in [0.15, 0.2) is 0 Å². The molecule has 0 aliphatic rings. The lowest BCUT2D eigenvalue weighted by Crippen LogP contribution is -2.32. The van der Waals surface area contributed by atoms with E-state index >= 15 is 0 Å². The van der Waals surface area contributed by atoms with Gasteiger partial charge < -0.3 is 0 Å². The summed E-state index contributed by atoms with van der Waals surface area (Å²) in [5, 5.41) is 0. The van der Waals surface area contributed by atoms with Crippen LogP contribution in [0.3, 0.4) is 0 Å². The van der Waals surface area contributed by atoms with Crippen LogP contribution in [-0.2, 0) is 10.0 Å². The van der Waals surface area contributed by atoms with E-state index in [1.807, 2.05) is 0 Å². The standard InChI is InChI=1S/C11H14BrNO2S/c1-3-4-9(2)13-16(14,15)11-7-5-10(12)6-8-11/h3,5-9,13H,1,4H2,2H3. The maximum Gasteiger partial charge on any atom is 0.240 e. The molecule has 3 nitrogen and oxygen atoms in total. The van der Waals surface area contributed by atoms with Gasteiger partial charge >= 0.3 is 0 Å². The van der Waals surface area contributed by atoms with Gasteiger partial charge in [0.05, 0.1) is 4.90 Å². The summed E-state index contributed by atoms with van der Waals surface area (Å²) in [5.41, 5.74) is 0. The largest absolute Gasteiger partial charge is 0.240 e. The van der Waals surface area contributed by atoms with E-state index in [0.717, 1.165) is 4.47 Å². The predicted molar refractivity (Wildman–Crippen MR) is 68.7 cm³/mol. The molecule has 0 fully saturated rings. The van der Waals surface area contributed by atoms with E-state index in [2.05, 4.69) is 27.2 Å². The van der Waals surface area contributed by atoms with Crippen molar-refractivity contribution in [2.24, 2.45) is 0 Å². The van der Waals surface area contributed by atoms with E-state index in [1.165, 1.54) is 0 Å². The summed E-state index contributed by atoms with van der Waals surface area (Å²) in [4.78, 5) is 0.270. The average Bonchev–Trinajstić information content (AvgIpc) is 2.17. The lowest BCUT2D eigenvalue weighted by atomic mass is 10.3. The van der Waals surface area contributed by atoms with E-state index in [0.29, 0.717) is 6.42 Å². The molecule has 5 heteroatoms. The van der Waals surface area contributed by atoms with Crippen LogP contribution in [0.2, 0.25) is 0 Å². The van der Waals surface area contributed by atoms with E-state index < -0.39 is 10.0 Å². The molecule has 0 aliphatic carbocycles. The lowest BCUT2D eigenvalue weighted by molar-refractivity contribution is 0.562. The number of rotatable bonds is 5. The second-order valence-electron chi connectivity index (χ2n) is 3.50. The van der Waals surface area contributed by atoms with Crippen molar-refractivity contribution in [3.8, 4) is 0 Å². The molecule has 0 spiro atoms. The molecule has 16 heavy (non-hydrogen) atoms. The molecule has 1 aromatic carbocycles. The highest BCUT2D eigenvalue weighted by Gasteiger charge is 2.15. The zero-order valence-electron chi connectivity index (χ0n) is 8.98. The number of sulfonamides is 1. The molecule has 0 saturated heterocycles. The van der Waals surface area contributed by atoms with Crippen LogP contribution in [0.1, 0.15) is 13.3 Å². The van der Waals surface area contributed by atoms with Gasteiger partial charge in [0.1, 0.15) is 0 Å². The van der Waals surface area contributed by atoms with Crippen molar-refractivity contribution in [3.05, 3.63) is 41.4 Å². The summed E-state index contributed by atoms with van der Waals surface area (Å²) in [6.45, 7) is 5.38. The molecule has 0 aliphatic heterocycles. The van der Waals surface area contributed by atoms with E-state index in [-0.39, 0.29) is 10.9 Å². The Labute approximate surface area is 105 Å². The second kappa shape index (κ2) is 5.61. The van der Waals surface area contributed by atoms with Gasteiger partial charge in [-0.2, -0.15) is 0 Å². The van der Waals surface area contributed by atoms with Crippen molar-refractivity contribution in [2.45, 2.75) is 24.3 Å². The molecule has 0 aromatic heterocycles. The molecule has 0 heterocycles. The van der Waals surface area contributed by atoms with Crippen LogP contribution in [0, 0.1) is 0 Å². The smallest absolute Gasteiger partial charge is 0.208 e. The molecule has 1 atom stereocenters. The van der Waals surface area contributed by atoms with Crippen molar-refractivity contribution in [2.75, 3.05) is 0 Å². The molecule has 0 bridgehead atoms. The Balaban J connectivity index is 2.85. The lowest BCUT2D eigenvalue weighted by Gasteiger charge is -2.12. The first kappa shape index (κ1) is 13.4. The van der Waals surface area contributed by atoms with Gasteiger partial charge in [-0.3, -0.25) is 0 Å². The Morgan fingerprint density at radius 3 is 2.50 bits per heavy atom. The van der Waals surface area contributed by atoms with Gasteiger partial charge in [-0.05, 0) is 37.6 Å². The summed E-state index contributed by atoms with van der Waals surface area (Å²) in [6.07, 6.45) is 2.30. The summed E-state index contributed by atoms with van der Waals surface area (Å²) in [5.74, 6) is 0. The van der Waals surface area contributed by atoms with Crippen LogP contribution < -0.4 is 4.72 Å². The average molecular weight is 304 g/mol. The number of nitrogens with one attached hydrogen (secondary N) is 1. The minimum Gasteiger partial charge on any atom is -0.208 e. The normalized spacial score (nSPS) is 13.4. The van der Waals surface area contributed by atoms with Crippen LogP contribution in [0.5, 0.6) is 0 Å². The first-order valence-electron chi connectivity index (χ1n) is 4.84. The number of hydrogen-bond donors (Lipinski definition) is 1. The third-order valence-electron chi connectivity index (χ3n) is 2.00. The topological polar surface area (TPSA) is 46.2 Å². The fourth-order valence-corrected chi connectivity index (χ4v) is 2.77. The summed E-state index contributed by atoms with van der Waals surface area (Å²) < 4.78 is 27.2. The Morgan fingerprint density at radius 1 is 1.44 bits per heavy atom. The van der Waals surface area contributed by atoms with Gasteiger partial charge in [-0.1, -0.05) is 22.0 Å². The van der Waals surface area contributed by atoms with Crippen LogP contribution in [-0.4, -0.2) is 14.5 Å². The number of halogens is 1. The molecule has 1 aromatic rings. The molecule has 0 radical (unpaired) electrons. The predicted octanol–water partition coefficient (Wildman–Crippen LogP) is 2.69. The van der Waals surface area contributed by atoms with Gasteiger partial charge in [-0.15, -0.1) is 6.58 Å². The molecular weight excluding hydrogens is 290 g/mol. The summed E-state index contributed by atoms with van der Waals surface area (Å²) in [6, 6.07) is 6.38. The highest BCUT2D eigenvalue weighted by Crippen LogP contribution is 2.15. The highest BCUT2D eigenvalue weighted by molar-refractivity contribution is 9.10. The van der Waals surface area contributed by atoms with Gasteiger partial charge in [0, 0.05) is 10.5 Å². The number of hydrogen-bond acceptors (Lipinski definition) is 2. The molecule has 1 unspecified atom stereocenters. The van der Waals surface area contributed by atoms with Gasteiger partial charge in [0.2, 0.25) is 10.0 Å². The van der Waals surface area contributed by atoms with Crippen LogP contribution in [0.15, 0.2) is 46.3 Å². The third-order valence-corrected chi connectivity index (χ3v) is 4.13. The molecule has 88 valence electrons. The van der Waals surface area contributed by atoms with E-state index in [1.54, 1.807) is 37.3 Å². The molecule has 0 amide bonds. The summed E-state index contributed by atoms with van der Waals surface area (Å²) in [7, 11) is -3.42. The monoisotopic (exact) mass is 303 g/mol. The van der Waals surface area contributed by atoms with Gasteiger partial charge in [-0.25, -0.2) is 13.1 Å². The fourth-order valence-electron chi connectivity index (χ4n) is 1.24. The van der Waals surface area contributed by atoms with Crippen LogP contribution >= 0.6 is 15.9 Å². The minimum atomic E-state index is -3.42. The van der Waals surface area contributed by atoms with E-state index in [9.17, 15) is 8.42 Å². The maximum absolute atomic E-state index is 11.9. The van der Waals surface area contributed by atoms with Crippen molar-refractivity contribution < 1.29 is 8.42 Å². The fraction of sp³-hybridized carbons (Fsp3) is 0.273.